The molecule has 0 aliphatic carbocycles. The van der Waals surface area contributed by atoms with Gasteiger partial charge < -0.3 is 4.90 Å². The Morgan fingerprint density at radius 1 is 0.967 bits per heavy atom. The van der Waals surface area contributed by atoms with Crippen LogP contribution in [0.3, 0.4) is 0 Å². The summed E-state index contributed by atoms with van der Waals surface area (Å²) in [6.45, 7) is 0. The lowest BCUT2D eigenvalue weighted by molar-refractivity contribution is -0.136. The molecule has 4 rings (SSSR count). The third-order valence-corrected chi connectivity index (χ3v) is 4.72. The first kappa shape index (κ1) is 19.6. The summed E-state index contributed by atoms with van der Waals surface area (Å²) in [5.41, 5.74) is 1.04. The molecule has 152 valence electrons. The molecule has 0 saturated heterocycles. The van der Waals surface area contributed by atoms with E-state index < -0.39 is 11.7 Å². The fourth-order valence-electron chi connectivity index (χ4n) is 3.25. The van der Waals surface area contributed by atoms with Crippen LogP contribution in [-0.4, -0.2) is 40.1 Å². The number of hydrogen-bond donors (Lipinski definition) is 1. The van der Waals surface area contributed by atoms with E-state index in [9.17, 15) is 18.0 Å². The van der Waals surface area contributed by atoms with Gasteiger partial charge in [-0.15, -0.1) is 0 Å². The van der Waals surface area contributed by atoms with Gasteiger partial charge in [-0.3, -0.25) is 9.89 Å². The van der Waals surface area contributed by atoms with E-state index in [1.54, 1.807) is 68.7 Å². The monoisotopic (exact) mass is 410 g/mol. The number of aromatic amines is 1. The van der Waals surface area contributed by atoms with Gasteiger partial charge >= 0.3 is 6.18 Å². The number of carbonyl (C=O) groups is 1. The highest BCUT2D eigenvalue weighted by atomic mass is 19.4. The first-order valence-electron chi connectivity index (χ1n) is 9.09. The lowest BCUT2D eigenvalue weighted by atomic mass is 10.0. The largest absolute Gasteiger partial charge is 0.417 e. The number of amides is 1. The number of nitrogens with one attached hydrogen (secondary N) is 1. The van der Waals surface area contributed by atoms with E-state index in [0.29, 0.717) is 16.7 Å². The molecule has 5 nitrogen and oxygen atoms in total. The van der Waals surface area contributed by atoms with Crippen LogP contribution in [0.25, 0.3) is 33.5 Å². The summed E-state index contributed by atoms with van der Waals surface area (Å²) in [6.07, 6.45) is -4.59. The van der Waals surface area contributed by atoms with E-state index >= 15 is 0 Å². The fourth-order valence-corrected chi connectivity index (χ4v) is 3.25. The molecule has 30 heavy (non-hydrogen) atoms. The second-order valence-electron chi connectivity index (χ2n) is 6.99. The predicted molar refractivity (Wildman–Crippen MR) is 108 cm³/mol. The Kier molecular flexibility index (Phi) is 4.77. The maximum Gasteiger partial charge on any atom is 0.417 e. The molecule has 1 amide bonds. The third kappa shape index (κ3) is 3.52. The number of pyridine rings is 1. The first-order chi connectivity index (χ1) is 14.3. The van der Waals surface area contributed by atoms with Crippen molar-refractivity contribution in [3.05, 3.63) is 71.8 Å². The molecule has 0 fully saturated rings. The Morgan fingerprint density at radius 2 is 1.63 bits per heavy atom. The van der Waals surface area contributed by atoms with E-state index in [1.807, 2.05) is 0 Å². The summed E-state index contributed by atoms with van der Waals surface area (Å²) in [4.78, 5) is 17.8. The molecule has 1 N–H and O–H groups in total. The normalized spacial score (nSPS) is 11.6. The van der Waals surface area contributed by atoms with E-state index in [2.05, 4.69) is 15.2 Å². The van der Waals surface area contributed by atoms with Crippen molar-refractivity contribution in [2.75, 3.05) is 14.1 Å². The van der Waals surface area contributed by atoms with Crippen LogP contribution in [0.1, 0.15) is 15.9 Å². The molecule has 2 aromatic carbocycles. The number of benzene rings is 2. The van der Waals surface area contributed by atoms with Gasteiger partial charge in [-0.05, 0) is 18.2 Å². The molecule has 0 aliphatic heterocycles. The Morgan fingerprint density at radius 3 is 2.23 bits per heavy atom. The van der Waals surface area contributed by atoms with Gasteiger partial charge in [-0.2, -0.15) is 18.3 Å². The fraction of sp³-hybridized carbons (Fsp3) is 0.136. The van der Waals surface area contributed by atoms with Crippen LogP contribution >= 0.6 is 0 Å². The van der Waals surface area contributed by atoms with Gasteiger partial charge in [0.2, 0.25) is 0 Å². The Labute approximate surface area is 170 Å². The van der Waals surface area contributed by atoms with Gasteiger partial charge in [0.15, 0.2) is 5.65 Å². The molecule has 2 heterocycles. The lowest BCUT2D eigenvalue weighted by Gasteiger charge is -2.12. The summed E-state index contributed by atoms with van der Waals surface area (Å²) in [5, 5.41) is 6.65. The smallest absolute Gasteiger partial charge is 0.345 e. The van der Waals surface area contributed by atoms with Crippen LogP contribution in [0.4, 0.5) is 13.2 Å². The maximum atomic E-state index is 13.9. The molecule has 0 spiro atoms. The highest BCUT2D eigenvalue weighted by Gasteiger charge is 2.35. The van der Waals surface area contributed by atoms with E-state index in [1.165, 1.54) is 4.90 Å². The highest BCUT2D eigenvalue weighted by Crippen LogP contribution is 2.40. The number of hydrogen-bond acceptors (Lipinski definition) is 3. The second-order valence-corrected chi connectivity index (χ2v) is 6.99. The van der Waals surface area contributed by atoms with Gasteiger partial charge in [0.1, 0.15) is 5.69 Å². The minimum atomic E-state index is -4.59. The quantitative estimate of drug-likeness (QED) is 0.516. The molecular weight excluding hydrogens is 393 g/mol. The van der Waals surface area contributed by atoms with Crippen molar-refractivity contribution in [2.24, 2.45) is 0 Å². The summed E-state index contributed by atoms with van der Waals surface area (Å²) in [5.74, 6) is -0.193. The van der Waals surface area contributed by atoms with E-state index in [0.717, 1.165) is 6.07 Å². The Balaban J connectivity index is 1.86. The third-order valence-electron chi connectivity index (χ3n) is 4.72. The zero-order chi connectivity index (χ0) is 21.5. The van der Waals surface area contributed by atoms with Crippen molar-refractivity contribution in [1.82, 2.24) is 20.1 Å². The molecule has 0 saturated carbocycles. The number of H-pyrrole nitrogens is 1. The van der Waals surface area contributed by atoms with Crippen molar-refractivity contribution in [1.29, 1.82) is 0 Å². The molecule has 0 aliphatic rings. The predicted octanol–water partition coefficient (Wildman–Crippen LogP) is 5.01. The van der Waals surface area contributed by atoms with Crippen LogP contribution in [-0.2, 0) is 6.18 Å². The zero-order valence-electron chi connectivity index (χ0n) is 16.2. The van der Waals surface area contributed by atoms with Crippen molar-refractivity contribution < 1.29 is 18.0 Å². The number of fused-ring (bicyclic) bond motifs is 1. The van der Waals surface area contributed by atoms with Gasteiger partial charge in [-0.1, -0.05) is 42.5 Å². The van der Waals surface area contributed by atoms with Crippen molar-refractivity contribution >= 4 is 16.9 Å². The Bertz CT molecular complexity index is 1210. The summed E-state index contributed by atoms with van der Waals surface area (Å²) < 4.78 is 41.8. The van der Waals surface area contributed by atoms with Crippen molar-refractivity contribution in [3.63, 3.8) is 0 Å². The molecule has 0 radical (unpaired) electrons. The molecule has 0 bridgehead atoms. The SMILES string of the molecule is CN(C)C(=O)c1ccc(-c2cc(C(F)(F)F)c3c(-c4ccccc4)n[nH]c3n2)cc1. The molecule has 0 unspecified atom stereocenters. The van der Waals surface area contributed by atoms with Crippen LogP contribution in [0.5, 0.6) is 0 Å². The highest BCUT2D eigenvalue weighted by molar-refractivity contribution is 5.96. The van der Waals surface area contributed by atoms with Crippen LogP contribution in [0.15, 0.2) is 60.7 Å². The number of carbonyl (C=O) groups excluding carboxylic acids is 1. The maximum absolute atomic E-state index is 13.9. The summed E-state index contributed by atoms with van der Waals surface area (Å²) >= 11 is 0. The molecule has 2 aromatic heterocycles. The minimum absolute atomic E-state index is 0.0483. The van der Waals surface area contributed by atoms with Gasteiger partial charge in [0.25, 0.3) is 5.91 Å². The summed E-state index contributed by atoms with van der Waals surface area (Å²) in [6, 6.07) is 16.0. The number of alkyl halides is 3. The number of rotatable bonds is 3. The van der Waals surface area contributed by atoms with Gasteiger partial charge in [0, 0.05) is 30.8 Å². The van der Waals surface area contributed by atoms with E-state index in [-0.39, 0.29) is 28.3 Å². The van der Waals surface area contributed by atoms with Gasteiger partial charge in [-0.25, -0.2) is 4.98 Å². The van der Waals surface area contributed by atoms with E-state index in [4.69, 9.17) is 0 Å². The summed E-state index contributed by atoms with van der Waals surface area (Å²) in [7, 11) is 3.26. The number of aromatic nitrogens is 3. The average molecular weight is 410 g/mol. The average Bonchev–Trinajstić information content (AvgIpc) is 3.16. The zero-order valence-corrected chi connectivity index (χ0v) is 16.2. The lowest BCUT2D eigenvalue weighted by Crippen LogP contribution is -2.21. The molecule has 8 heteroatoms. The van der Waals surface area contributed by atoms with Crippen molar-refractivity contribution in [2.45, 2.75) is 6.18 Å². The molecule has 0 atom stereocenters. The first-order valence-corrected chi connectivity index (χ1v) is 9.09. The topological polar surface area (TPSA) is 61.9 Å². The second kappa shape index (κ2) is 7.29. The van der Waals surface area contributed by atoms with Gasteiger partial charge in [0.05, 0.1) is 16.6 Å². The molecule has 4 aromatic rings. The van der Waals surface area contributed by atoms with Crippen LogP contribution < -0.4 is 0 Å². The number of halogens is 3. The standard InChI is InChI=1S/C22H17F3N4O/c1-29(2)21(30)15-10-8-13(9-11-15)17-12-16(22(23,24)25)18-19(27-28-20(18)26-17)14-6-4-3-5-7-14/h3-12H,1-2H3,(H,26,27,28). The van der Waals surface area contributed by atoms with Crippen molar-refractivity contribution in [3.8, 4) is 22.5 Å². The number of nitrogens with zero attached hydrogens (tertiary/aromatic N) is 3. The van der Waals surface area contributed by atoms with Crippen LogP contribution in [0.2, 0.25) is 0 Å². The van der Waals surface area contributed by atoms with Crippen LogP contribution in [0, 0.1) is 0 Å². The molecular formula is C22H17F3N4O. The minimum Gasteiger partial charge on any atom is -0.345 e. The Hall–Kier alpha value is -3.68.